The summed E-state index contributed by atoms with van der Waals surface area (Å²) < 4.78 is 36.6. The van der Waals surface area contributed by atoms with Crippen molar-refractivity contribution in [1.82, 2.24) is 15.0 Å². The van der Waals surface area contributed by atoms with Crippen LogP contribution in [0.25, 0.3) is 32.2 Å². The molecule has 1 aliphatic carbocycles. The van der Waals surface area contributed by atoms with Crippen molar-refractivity contribution in [2.45, 2.75) is 66.6 Å². The molecule has 1 aromatic carbocycles. The standard InChI is InChI=1S/C23H18F2N6OS.C4H8.C3H8/c1-10-2-3-31(7-10)23-29-5-12-13-8-32-9-14(13)16(18(25)19(12)30-23)20-17-11(4-26)22(27)33-21(17)15(24)6-28-20;1-4-2-3-4;1-3-2/h5-6,10H,2-3,7-9,27H2,1H3;4H,2-3H2,1H3;3H2,1-2H3. The Labute approximate surface area is 237 Å². The van der Waals surface area contributed by atoms with Crippen LogP contribution in [0.1, 0.15) is 70.1 Å². The third-order valence-electron chi connectivity index (χ3n) is 7.30. The maximum Gasteiger partial charge on any atom is 0.225 e. The summed E-state index contributed by atoms with van der Waals surface area (Å²) in [5.41, 5.74) is 7.98. The lowest BCUT2D eigenvalue weighted by Crippen LogP contribution is -2.21. The highest BCUT2D eigenvalue weighted by molar-refractivity contribution is 7.23. The molecule has 4 aromatic rings. The predicted molar refractivity (Wildman–Crippen MR) is 156 cm³/mol. The van der Waals surface area contributed by atoms with Gasteiger partial charge in [-0.1, -0.05) is 47.0 Å². The van der Waals surface area contributed by atoms with Crippen molar-refractivity contribution in [2.24, 2.45) is 11.8 Å². The normalized spacial score (nSPS) is 17.7. The summed E-state index contributed by atoms with van der Waals surface area (Å²) in [5.74, 6) is 0.890. The number of nitrogen functional groups attached to an aromatic ring is 1. The van der Waals surface area contributed by atoms with Gasteiger partial charge in [-0.05, 0) is 29.4 Å². The van der Waals surface area contributed by atoms with Gasteiger partial charge in [0.15, 0.2) is 11.6 Å². The molecule has 2 fully saturated rings. The molecule has 210 valence electrons. The van der Waals surface area contributed by atoms with E-state index in [-0.39, 0.29) is 50.6 Å². The molecule has 7 rings (SSSR count). The molecular formula is C30H34F2N6OS. The average molecular weight is 565 g/mol. The molecule has 40 heavy (non-hydrogen) atoms. The van der Waals surface area contributed by atoms with Crippen LogP contribution in [0.3, 0.4) is 0 Å². The van der Waals surface area contributed by atoms with Crippen molar-refractivity contribution in [3.8, 4) is 17.3 Å². The molecule has 1 atom stereocenters. The molecular weight excluding hydrogens is 530 g/mol. The Kier molecular flexibility index (Phi) is 8.15. The Morgan fingerprint density at radius 1 is 1.10 bits per heavy atom. The van der Waals surface area contributed by atoms with Crippen molar-refractivity contribution in [2.75, 3.05) is 23.7 Å². The van der Waals surface area contributed by atoms with E-state index in [0.29, 0.717) is 22.8 Å². The lowest BCUT2D eigenvalue weighted by Gasteiger charge is -2.18. The van der Waals surface area contributed by atoms with Gasteiger partial charge in [0.2, 0.25) is 5.95 Å². The topological polar surface area (TPSA) is 101 Å². The quantitative estimate of drug-likeness (QED) is 0.272. The molecule has 0 radical (unpaired) electrons. The molecule has 7 nitrogen and oxygen atoms in total. The van der Waals surface area contributed by atoms with Gasteiger partial charge in [0, 0.05) is 35.6 Å². The molecule has 1 saturated heterocycles. The number of halogens is 2. The lowest BCUT2D eigenvalue weighted by molar-refractivity contribution is 0.135. The fourth-order valence-electron chi connectivity index (χ4n) is 4.97. The van der Waals surface area contributed by atoms with Crippen LogP contribution in [0.5, 0.6) is 0 Å². The predicted octanol–water partition coefficient (Wildman–Crippen LogP) is 7.35. The van der Waals surface area contributed by atoms with Crippen LogP contribution in [0.2, 0.25) is 0 Å². The maximum atomic E-state index is 16.2. The van der Waals surface area contributed by atoms with Crippen molar-refractivity contribution >= 4 is 43.3 Å². The molecule has 3 aliphatic rings. The summed E-state index contributed by atoms with van der Waals surface area (Å²) >= 11 is 0.955. The van der Waals surface area contributed by atoms with Gasteiger partial charge < -0.3 is 15.4 Å². The van der Waals surface area contributed by atoms with E-state index in [0.717, 1.165) is 48.5 Å². The number of anilines is 2. The number of rotatable bonds is 2. The van der Waals surface area contributed by atoms with Gasteiger partial charge in [-0.25, -0.2) is 18.7 Å². The van der Waals surface area contributed by atoms with Crippen molar-refractivity contribution in [3.05, 3.63) is 40.7 Å². The Bertz CT molecular complexity index is 1610. The number of hydrogen-bond donors (Lipinski definition) is 1. The van der Waals surface area contributed by atoms with Crippen LogP contribution >= 0.6 is 11.3 Å². The van der Waals surface area contributed by atoms with Crippen LogP contribution in [-0.2, 0) is 18.0 Å². The fraction of sp³-hybridized carbons (Fsp3) is 0.467. The SMILES string of the molecule is CC1CC1.CC1CCN(c2ncc3c4c(c(-c5ncc(F)c6sc(N)c(C#N)c56)c(F)c3n2)COC4)C1.CCC. The molecule has 2 aliphatic heterocycles. The van der Waals surface area contributed by atoms with Gasteiger partial charge in [-0.15, -0.1) is 11.3 Å². The number of pyridine rings is 1. The van der Waals surface area contributed by atoms with Crippen LogP contribution in [-0.4, -0.2) is 28.0 Å². The summed E-state index contributed by atoms with van der Waals surface area (Å²) in [6.07, 6.45) is 7.94. The summed E-state index contributed by atoms with van der Waals surface area (Å²) in [6, 6.07) is 2.02. The number of fused-ring (bicyclic) bond motifs is 4. The first-order valence-corrected chi connectivity index (χ1v) is 14.7. The minimum absolute atomic E-state index is 0.0959. The van der Waals surface area contributed by atoms with Crippen molar-refractivity contribution < 1.29 is 13.5 Å². The second-order valence-electron chi connectivity index (χ2n) is 10.9. The van der Waals surface area contributed by atoms with E-state index in [4.69, 9.17) is 10.5 Å². The highest BCUT2D eigenvalue weighted by Gasteiger charge is 2.30. The number of hydrogen-bond acceptors (Lipinski definition) is 8. The van der Waals surface area contributed by atoms with Crippen LogP contribution in [0.4, 0.5) is 19.7 Å². The number of nitrogens with two attached hydrogens (primary N) is 1. The van der Waals surface area contributed by atoms with E-state index in [1.807, 2.05) is 6.07 Å². The molecule has 0 spiro atoms. The smallest absolute Gasteiger partial charge is 0.225 e. The summed E-state index contributed by atoms with van der Waals surface area (Å²) in [4.78, 5) is 15.4. The van der Waals surface area contributed by atoms with Gasteiger partial charge in [-0.2, -0.15) is 5.26 Å². The van der Waals surface area contributed by atoms with E-state index >= 15 is 4.39 Å². The number of ether oxygens (including phenoxy) is 1. The summed E-state index contributed by atoms with van der Waals surface area (Å²) in [5, 5.41) is 10.6. The van der Waals surface area contributed by atoms with E-state index in [9.17, 15) is 9.65 Å². The largest absolute Gasteiger partial charge is 0.389 e. The first kappa shape index (κ1) is 28.1. The monoisotopic (exact) mass is 564 g/mol. The number of benzene rings is 1. The Balaban J connectivity index is 0.000000410. The first-order chi connectivity index (χ1) is 19.3. The Morgan fingerprint density at radius 3 is 2.42 bits per heavy atom. The average Bonchev–Trinajstić information content (AvgIpc) is 3.30. The van der Waals surface area contributed by atoms with Gasteiger partial charge in [-0.3, -0.25) is 4.98 Å². The van der Waals surface area contributed by atoms with Gasteiger partial charge in [0.1, 0.15) is 16.6 Å². The van der Waals surface area contributed by atoms with Gasteiger partial charge in [0.25, 0.3) is 0 Å². The molecule has 1 saturated carbocycles. The third-order valence-corrected chi connectivity index (χ3v) is 8.33. The van der Waals surface area contributed by atoms with E-state index in [1.165, 1.54) is 19.3 Å². The first-order valence-electron chi connectivity index (χ1n) is 13.9. The lowest BCUT2D eigenvalue weighted by atomic mass is 9.94. The minimum atomic E-state index is -0.603. The summed E-state index contributed by atoms with van der Waals surface area (Å²) in [7, 11) is 0. The number of nitrogens with zero attached hydrogens (tertiary/aromatic N) is 5. The van der Waals surface area contributed by atoms with Gasteiger partial charge >= 0.3 is 0 Å². The highest BCUT2D eigenvalue weighted by atomic mass is 32.1. The fourth-order valence-corrected chi connectivity index (χ4v) is 5.90. The van der Waals surface area contributed by atoms with Crippen molar-refractivity contribution in [3.63, 3.8) is 0 Å². The zero-order chi connectivity index (χ0) is 28.6. The third kappa shape index (κ3) is 5.20. The van der Waals surface area contributed by atoms with Gasteiger partial charge in [0.05, 0.1) is 35.4 Å². The van der Waals surface area contributed by atoms with E-state index < -0.39 is 11.6 Å². The summed E-state index contributed by atoms with van der Waals surface area (Å²) in [6.45, 7) is 10.8. The molecule has 3 aromatic heterocycles. The van der Waals surface area contributed by atoms with E-state index in [2.05, 4.69) is 47.5 Å². The second kappa shape index (κ2) is 11.6. The van der Waals surface area contributed by atoms with Crippen LogP contribution in [0, 0.1) is 34.8 Å². The number of nitriles is 1. The zero-order valence-electron chi connectivity index (χ0n) is 23.4. The maximum absolute atomic E-state index is 16.2. The molecule has 0 amide bonds. The zero-order valence-corrected chi connectivity index (χ0v) is 24.2. The number of aromatic nitrogens is 3. The highest BCUT2D eigenvalue weighted by Crippen LogP contribution is 2.45. The molecule has 2 N–H and O–H groups in total. The second-order valence-corrected chi connectivity index (χ2v) is 12.0. The Hall–Kier alpha value is -3.42. The van der Waals surface area contributed by atoms with E-state index in [1.54, 1.807) is 6.20 Å². The number of thiophene rings is 1. The van der Waals surface area contributed by atoms with Crippen LogP contribution < -0.4 is 10.6 Å². The molecule has 10 heteroatoms. The minimum Gasteiger partial charge on any atom is -0.389 e. The molecule has 0 bridgehead atoms. The molecule has 5 heterocycles. The van der Waals surface area contributed by atoms with Crippen LogP contribution in [0.15, 0.2) is 12.4 Å². The molecule has 1 unspecified atom stereocenters. The Morgan fingerprint density at radius 2 is 1.80 bits per heavy atom. The van der Waals surface area contributed by atoms with Crippen molar-refractivity contribution in [1.29, 1.82) is 5.26 Å².